The number of carbonyl (C=O) groups is 4. The summed E-state index contributed by atoms with van der Waals surface area (Å²) in [6.07, 6.45) is 5.02. The Labute approximate surface area is 364 Å². The summed E-state index contributed by atoms with van der Waals surface area (Å²) in [5, 5.41) is 22.5. The van der Waals surface area contributed by atoms with Crippen molar-refractivity contribution in [2.75, 3.05) is 51.2 Å². The first-order valence-corrected chi connectivity index (χ1v) is 22.9. The fraction of sp³-hybridized carbons (Fsp3) is 0.660. The van der Waals surface area contributed by atoms with Gasteiger partial charge in [-0.2, -0.15) is 0 Å². The van der Waals surface area contributed by atoms with Crippen molar-refractivity contribution < 1.29 is 38.5 Å². The number of nitrogens with zero attached hydrogens (tertiary/aromatic N) is 5. The number of anilines is 1. The van der Waals surface area contributed by atoms with Crippen LogP contribution in [0.25, 0.3) is 16.7 Å². The molecule has 2 unspecified atom stereocenters. The van der Waals surface area contributed by atoms with Crippen molar-refractivity contribution in [3.8, 4) is 17.3 Å². The van der Waals surface area contributed by atoms with Crippen LogP contribution in [0, 0.1) is 34.5 Å². The van der Waals surface area contributed by atoms with Crippen molar-refractivity contribution in [3.63, 3.8) is 0 Å². The van der Waals surface area contributed by atoms with Crippen LogP contribution in [-0.4, -0.2) is 123 Å². The average Bonchev–Trinajstić information content (AvgIpc) is 3.89. The fourth-order valence-corrected chi connectivity index (χ4v) is 10.1. The van der Waals surface area contributed by atoms with Gasteiger partial charge in [0.1, 0.15) is 36.1 Å². The van der Waals surface area contributed by atoms with Crippen LogP contribution in [0.15, 0.2) is 36.5 Å². The van der Waals surface area contributed by atoms with E-state index < -0.39 is 40.8 Å². The van der Waals surface area contributed by atoms with Crippen molar-refractivity contribution in [1.82, 2.24) is 29.9 Å². The number of benzene rings is 1. The zero-order valence-electron chi connectivity index (χ0n) is 37.2. The summed E-state index contributed by atoms with van der Waals surface area (Å²) in [5.41, 5.74) is -1.15. The molecule has 0 spiro atoms. The lowest BCUT2D eigenvalue weighted by atomic mass is 9.77. The quantitative estimate of drug-likeness (QED) is 0.132. The number of carbonyl (C=O) groups excluding carboxylic acids is 3. The van der Waals surface area contributed by atoms with Gasteiger partial charge in [0.2, 0.25) is 5.91 Å². The SMILES string of the molecule is CC[C@@H]1C[C@]1(CC(=O)[C@@H]1C[C@@H](Oc2cc(-n3ccc(NC(C)C)n3)nc3cc(OCCN4CCNCC4)ccc23)CN1C(=O)[C@@H](CC(=O)OC1CC2C[C@H]2C1)C(C)(C)C)C(=O)O. The summed E-state index contributed by atoms with van der Waals surface area (Å²) < 4.78 is 20.7. The number of ether oxygens (including phenoxy) is 3. The number of Topliss-reactive ketones (excluding diaryl/α,β-unsaturated/α-hetero) is 1. The highest BCUT2D eigenvalue weighted by molar-refractivity contribution is 5.95. The summed E-state index contributed by atoms with van der Waals surface area (Å²) in [4.78, 5) is 64.3. The summed E-state index contributed by atoms with van der Waals surface area (Å²) in [7, 11) is 0. The van der Waals surface area contributed by atoms with Gasteiger partial charge in [0.25, 0.3) is 0 Å². The second kappa shape index (κ2) is 17.8. The zero-order valence-corrected chi connectivity index (χ0v) is 37.2. The molecular weight excluding hydrogens is 791 g/mol. The third kappa shape index (κ3) is 9.73. The van der Waals surface area contributed by atoms with Gasteiger partial charge in [0, 0.05) is 81.4 Å². The van der Waals surface area contributed by atoms with Gasteiger partial charge < -0.3 is 34.9 Å². The highest BCUT2D eigenvalue weighted by atomic mass is 16.5. The van der Waals surface area contributed by atoms with E-state index >= 15 is 0 Å². The van der Waals surface area contributed by atoms with Crippen molar-refractivity contribution >= 4 is 40.3 Å². The first-order chi connectivity index (χ1) is 29.6. The van der Waals surface area contributed by atoms with Gasteiger partial charge >= 0.3 is 11.9 Å². The minimum Gasteiger partial charge on any atom is -0.492 e. The number of piperazine rings is 1. The number of ketones is 1. The van der Waals surface area contributed by atoms with Gasteiger partial charge in [-0.15, -0.1) is 5.10 Å². The van der Waals surface area contributed by atoms with Crippen LogP contribution < -0.4 is 20.1 Å². The summed E-state index contributed by atoms with van der Waals surface area (Å²) in [6, 6.07) is 8.65. The number of nitrogens with one attached hydrogen (secondary N) is 2. The standard InChI is InChI=1S/C47H65N7O8/c1-7-31-25-47(31,45(58)59)26-39(55)38-22-34(27-53(38)44(57)36(46(4,5)6)23-43(56)62-33-19-29-18-30(29)20-33)61-40-24-42(54-13-10-41(51-54)49-28(2)3)50-37-21-32(8-9-35(37)40)60-17-16-52-14-11-48-12-15-52/h8-10,13,21,24,28-31,33-34,36,38,48H,7,11-12,14-20,22-23,25-27H2,1-6H3,(H,49,51)(H,58,59)/t29-,30?,31+,33?,34+,36+,38-,47+/m0/s1. The minimum absolute atomic E-state index is 0.0801. The second-order valence-corrected chi connectivity index (χ2v) is 19.9. The van der Waals surface area contributed by atoms with Crippen LogP contribution in [0.5, 0.6) is 11.5 Å². The maximum atomic E-state index is 14.9. The molecule has 8 rings (SSSR count). The predicted octanol–water partition coefficient (Wildman–Crippen LogP) is 5.73. The summed E-state index contributed by atoms with van der Waals surface area (Å²) >= 11 is 0. The number of hydrogen-bond acceptors (Lipinski definition) is 12. The van der Waals surface area contributed by atoms with Crippen LogP contribution in [-0.2, 0) is 23.9 Å². The Balaban J connectivity index is 1.07. The monoisotopic (exact) mass is 855 g/mol. The van der Waals surface area contributed by atoms with E-state index in [0.29, 0.717) is 59.9 Å². The van der Waals surface area contributed by atoms with Crippen LogP contribution in [0.1, 0.15) is 92.9 Å². The zero-order chi connectivity index (χ0) is 43.9. The topological polar surface area (TPSA) is 177 Å². The number of carboxylic acids is 1. The molecule has 4 heterocycles. The van der Waals surface area contributed by atoms with E-state index in [1.807, 2.05) is 78.1 Å². The maximum Gasteiger partial charge on any atom is 0.310 e. The molecular formula is C47H65N7O8. The number of pyridine rings is 1. The largest absolute Gasteiger partial charge is 0.492 e. The van der Waals surface area contributed by atoms with E-state index in [2.05, 4.69) is 15.5 Å². The van der Waals surface area contributed by atoms with Gasteiger partial charge in [0.05, 0.1) is 35.9 Å². The van der Waals surface area contributed by atoms with Crippen molar-refractivity contribution in [2.24, 2.45) is 34.5 Å². The Hall–Kier alpha value is -4.76. The molecule has 1 aromatic carbocycles. The molecule has 1 amide bonds. The molecule has 5 aliphatic rings. The Morgan fingerprint density at radius 3 is 2.45 bits per heavy atom. The minimum atomic E-state index is -1.14. The molecule has 15 nitrogen and oxygen atoms in total. The first-order valence-electron chi connectivity index (χ1n) is 22.9. The maximum absolute atomic E-state index is 14.9. The molecule has 8 atom stereocenters. The number of carboxylic acid groups (broad SMARTS) is 1. The highest BCUT2D eigenvalue weighted by Gasteiger charge is 2.61. The summed E-state index contributed by atoms with van der Waals surface area (Å²) in [6.45, 7) is 17.1. The number of rotatable bonds is 18. The first kappa shape index (κ1) is 43.9. The Bertz CT molecular complexity index is 2130. The molecule has 0 bridgehead atoms. The van der Waals surface area contributed by atoms with E-state index in [1.54, 1.807) is 9.58 Å². The normalized spacial score (nSPS) is 27.5. The molecule has 0 radical (unpaired) electrons. The lowest BCUT2D eigenvalue weighted by Gasteiger charge is -2.35. The van der Waals surface area contributed by atoms with Gasteiger partial charge in [-0.05, 0) is 74.8 Å². The van der Waals surface area contributed by atoms with E-state index in [9.17, 15) is 24.3 Å². The third-order valence-electron chi connectivity index (χ3n) is 13.9. The Morgan fingerprint density at radius 1 is 1.02 bits per heavy atom. The van der Waals surface area contributed by atoms with Crippen molar-refractivity contribution in [3.05, 3.63) is 36.5 Å². The number of likely N-dealkylation sites (tertiary alicyclic amines) is 1. The molecule has 336 valence electrons. The van der Waals surface area contributed by atoms with Crippen LogP contribution >= 0.6 is 0 Å². The van der Waals surface area contributed by atoms with E-state index in [1.165, 1.54) is 6.42 Å². The molecule has 15 heteroatoms. The molecule has 3 aliphatic carbocycles. The molecule has 3 aromatic rings. The average molecular weight is 856 g/mol. The number of esters is 1. The Kier molecular flexibility index (Phi) is 12.6. The fourth-order valence-electron chi connectivity index (χ4n) is 10.1. The van der Waals surface area contributed by atoms with Crippen LogP contribution in [0.4, 0.5) is 5.82 Å². The van der Waals surface area contributed by atoms with Crippen molar-refractivity contribution in [2.45, 2.75) is 117 Å². The number of fused-ring (bicyclic) bond motifs is 2. The number of aliphatic carboxylic acids is 1. The second-order valence-electron chi connectivity index (χ2n) is 19.9. The molecule has 2 aliphatic heterocycles. The van der Waals surface area contributed by atoms with Gasteiger partial charge in [-0.3, -0.25) is 24.1 Å². The summed E-state index contributed by atoms with van der Waals surface area (Å²) in [5.74, 6) is 0.775. The van der Waals surface area contributed by atoms with Crippen LogP contribution in [0.3, 0.4) is 0 Å². The molecule has 2 aromatic heterocycles. The smallest absolute Gasteiger partial charge is 0.310 e. The molecule has 3 N–H and O–H groups in total. The highest BCUT2D eigenvalue weighted by Crippen LogP contribution is 2.58. The van der Waals surface area contributed by atoms with Gasteiger partial charge in [0.15, 0.2) is 11.6 Å². The Morgan fingerprint density at radius 2 is 1.77 bits per heavy atom. The van der Waals surface area contributed by atoms with Gasteiger partial charge in [-0.1, -0.05) is 34.1 Å². The van der Waals surface area contributed by atoms with E-state index in [4.69, 9.17) is 24.3 Å². The molecule has 2 saturated heterocycles. The van der Waals surface area contributed by atoms with E-state index in [-0.39, 0.29) is 55.6 Å². The lowest BCUT2D eigenvalue weighted by molar-refractivity contribution is -0.157. The molecule has 5 fully saturated rings. The predicted molar refractivity (Wildman–Crippen MR) is 233 cm³/mol. The number of amides is 1. The lowest BCUT2D eigenvalue weighted by Crippen LogP contribution is -2.48. The molecule has 3 saturated carbocycles. The number of aromatic nitrogens is 3. The van der Waals surface area contributed by atoms with E-state index in [0.717, 1.165) is 51.0 Å². The third-order valence-corrected chi connectivity index (χ3v) is 13.9. The molecule has 62 heavy (non-hydrogen) atoms. The van der Waals surface area contributed by atoms with Crippen molar-refractivity contribution in [1.29, 1.82) is 0 Å². The van der Waals surface area contributed by atoms with Crippen LogP contribution in [0.2, 0.25) is 0 Å². The van der Waals surface area contributed by atoms with Gasteiger partial charge in [-0.25, -0.2) is 9.67 Å². The number of hydrogen-bond donors (Lipinski definition) is 3.